The summed E-state index contributed by atoms with van der Waals surface area (Å²) >= 11 is 0. The minimum absolute atomic E-state index is 0.0450. The van der Waals surface area contributed by atoms with Gasteiger partial charge in [-0.25, -0.2) is 14.4 Å². The molecule has 1 aromatic carbocycles. The van der Waals surface area contributed by atoms with E-state index in [0.717, 1.165) is 6.07 Å². The molecule has 3 aromatic rings. The number of aromatic amines is 1. The molecule has 2 aromatic heterocycles. The zero-order valence-electron chi connectivity index (χ0n) is 19.7. The van der Waals surface area contributed by atoms with E-state index in [-0.39, 0.29) is 59.2 Å². The Balaban J connectivity index is 1.57. The number of carbonyl (C=O) groups is 1. The third-order valence-electron chi connectivity index (χ3n) is 5.95. The minimum Gasteiger partial charge on any atom is -0.486 e. The summed E-state index contributed by atoms with van der Waals surface area (Å²) in [5.74, 6) is -0.0526. The molecule has 1 aliphatic heterocycles. The van der Waals surface area contributed by atoms with Crippen LogP contribution in [0.15, 0.2) is 35.1 Å². The van der Waals surface area contributed by atoms with Gasteiger partial charge in [0, 0.05) is 31.2 Å². The lowest BCUT2D eigenvalue weighted by Gasteiger charge is -2.34. The second-order valence-electron chi connectivity index (χ2n) is 8.63. The number of halogens is 4. The van der Waals surface area contributed by atoms with Gasteiger partial charge in [0.05, 0.1) is 18.0 Å². The Hall–Kier alpha value is -3.54. The number of pyridine rings is 1. The highest BCUT2D eigenvalue weighted by molar-refractivity contribution is 5.94. The number of amides is 1. The molecule has 1 N–H and O–H groups in total. The lowest BCUT2D eigenvalue weighted by Crippen LogP contribution is -2.47. The molecule has 4 rings (SSSR count). The number of aryl methyl sites for hydroxylation is 1. The van der Waals surface area contributed by atoms with Gasteiger partial charge in [0.1, 0.15) is 23.8 Å². The van der Waals surface area contributed by atoms with Crippen LogP contribution in [-0.4, -0.2) is 58.2 Å². The van der Waals surface area contributed by atoms with Gasteiger partial charge in [-0.1, -0.05) is 0 Å². The molecule has 3 heterocycles. The SMILES string of the molecule is CO[C@@H]1C[C@@H](F)CN(C(=O)c2ccc(O[C@@H](C)c3cc4c(=O)[nH]c(C)nc4nc3C(F)(F)F)cc2)C1. The molecule has 0 unspecified atom stereocenters. The van der Waals surface area contributed by atoms with E-state index in [4.69, 9.17) is 9.47 Å². The number of methoxy groups -OCH3 is 1. The summed E-state index contributed by atoms with van der Waals surface area (Å²) in [6, 6.07) is 6.86. The maximum absolute atomic E-state index is 14.0. The van der Waals surface area contributed by atoms with Crippen LogP contribution >= 0.6 is 0 Å². The number of hydrogen-bond donors (Lipinski definition) is 1. The molecule has 0 spiro atoms. The number of nitrogens with one attached hydrogen (secondary N) is 1. The van der Waals surface area contributed by atoms with Crippen molar-refractivity contribution < 1.29 is 31.8 Å². The van der Waals surface area contributed by atoms with Crippen molar-refractivity contribution in [3.05, 3.63) is 63.3 Å². The first-order valence-electron chi connectivity index (χ1n) is 11.2. The molecule has 3 atom stereocenters. The maximum atomic E-state index is 14.0. The van der Waals surface area contributed by atoms with E-state index < -0.39 is 35.8 Å². The van der Waals surface area contributed by atoms with Gasteiger partial charge in [-0.3, -0.25) is 9.59 Å². The van der Waals surface area contributed by atoms with Gasteiger partial charge in [-0.05, 0) is 44.2 Å². The van der Waals surface area contributed by atoms with Crippen molar-refractivity contribution in [2.75, 3.05) is 20.2 Å². The molecule has 1 amide bonds. The zero-order chi connectivity index (χ0) is 26.2. The Bertz CT molecular complexity index is 1330. The van der Waals surface area contributed by atoms with E-state index in [0.29, 0.717) is 0 Å². The number of H-pyrrole nitrogens is 1. The van der Waals surface area contributed by atoms with Crippen molar-refractivity contribution in [1.82, 2.24) is 19.9 Å². The molecule has 0 radical (unpaired) electrons. The number of nitrogens with zero attached hydrogens (tertiary/aromatic N) is 3. The number of rotatable bonds is 5. The van der Waals surface area contributed by atoms with Crippen molar-refractivity contribution in [3.63, 3.8) is 0 Å². The topological polar surface area (TPSA) is 97.4 Å². The molecule has 1 fully saturated rings. The maximum Gasteiger partial charge on any atom is 0.433 e. The van der Waals surface area contributed by atoms with Crippen molar-refractivity contribution in [3.8, 4) is 5.75 Å². The van der Waals surface area contributed by atoms with Crippen LogP contribution in [0.5, 0.6) is 5.75 Å². The van der Waals surface area contributed by atoms with Gasteiger partial charge >= 0.3 is 6.18 Å². The van der Waals surface area contributed by atoms with E-state index in [1.165, 1.54) is 50.1 Å². The quantitative estimate of drug-likeness (QED) is 0.524. The molecule has 1 aliphatic rings. The predicted molar refractivity (Wildman–Crippen MR) is 122 cm³/mol. The summed E-state index contributed by atoms with van der Waals surface area (Å²) in [4.78, 5) is 36.4. The van der Waals surface area contributed by atoms with Crippen molar-refractivity contribution >= 4 is 16.9 Å². The first-order valence-corrected chi connectivity index (χ1v) is 11.2. The summed E-state index contributed by atoms with van der Waals surface area (Å²) in [7, 11) is 1.46. The number of piperidine rings is 1. The van der Waals surface area contributed by atoms with Gasteiger partial charge in [-0.15, -0.1) is 0 Å². The number of likely N-dealkylation sites (tertiary alicyclic amines) is 1. The number of hydrogen-bond acceptors (Lipinski definition) is 6. The van der Waals surface area contributed by atoms with Crippen molar-refractivity contribution in [2.45, 2.75) is 44.8 Å². The van der Waals surface area contributed by atoms with Gasteiger partial charge in [0.2, 0.25) is 0 Å². The van der Waals surface area contributed by atoms with Crippen LogP contribution in [0.2, 0.25) is 0 Å². The molecule has 8 nitrogen and oxygen atoms in total. The van der Waals surface area contributed by atoms with Gasteiger partial charge in [0.25, 0.3) is 11.5 Å². The number of alkyl halides is 4. The van der Waals surface area contributed by atoms with Gasteiger partial charge in [0.15, 0.2) is 11.3 Å². The first kappa shape index (κ1) is 25.5. The summed E-state index contributed by atoms with van der Waals surface area (Å²) < 4.78 is 66.2. The van der Waals surface area contributed by atoms with Gasteiger partial charge in [-0.2, -0.15) is 13.2 Å². The van der Waals surface area contributed by atoms with Crippen LogP contribution in [0.25, 0.3) is 11.0 Å². The standard InChI is InChI=1S/C24H24F4N4O4/c1-12(18-9-19-21(29-13(2)30-22(19)33)31-20(18)24(26,27)28)36-16-6-4-14(5-7-16)23(34)32-10-15(25)8-17(11-32)35-3/h4-7,9,12,15,17H,8,10-11H2,1-3H3,(H,29,30,31,33)/t12-,15+,17+/m0/s1. The summed E-state index contributed by atoms with van der Waals surface area (Å²) in [6.45, 7) is 3.05. The fourth-order valence-electron chi connectivity index (χ4n) is 4.18. The number of benzene rings is 1. The highest BCUT2D eigenvalue weighted by atomic mass is 19.4. The number of carbonyl (C=O) groups excluding carboxylic acids is 1. The largest absolute Gasteiger partial charge is 0.486 e. The number of aromatic nitrogens is 3. The van der Waals surface area contributed by atoms with Crippen LogP contribution in [0.1, 0.15) is 46.9 Å². The minimum atomic E-state index is -4.81. The molecule has 0 bridgehead atoms. The Kier molecular flexibility index (Phi) is 6.98. The molecule has 12 heteroatoms. The van der Waals surface area contributed by atoms with E-state index in [1.54, 1.807) is 0 Å². The summed E-state index contributed by atoms with van der Waals surface area (Å²) in [5.41, 5.74) is -2.19. The zero-order valence-corrected chi connectivity index (χ0v) is 19.7. The van der Waals surface area contributed by atoms with E-state index in [2.05, 4.69) is 15.0 Å². The third-order valence-corrected chi connectivity index (χ3v) is 5.95. The van der Waals surface area contributed by atoms with Crippen LogP contribution in [-0.2, 0) is 10.9 Å². The highest BCUT2D eigenvalue weighted by Crippen LogP contribution is 2.36. The van der Waals surface area contributed by atoms with Crippen LogP contribution in [0.4, 0.5) is 17.6 Å². The smallest absolute Gasteiger partial charge is 0.433 e. The van der Waals surface area contributed by atoms with Crippen LogP contribution < -0.4 is 10.3 Å². The number of ether oxygens (including phenoxy) is 2. The second kappa shape index (κ2) is 9.84. The second-order valence-corrected chi connectivity index (χ2v) is 8.63. The van der Waals surface area contributed by atoms with E-state index in [1.807, 2.05) is 0 Å². The summed E-state index contributed by atoms with van der Waals surface area (Å²) in [5, 5.41) is -0.0953. The lowest BCUT2D eigenvalue weighted by molar-refractivity contribution is -0.142. The fraction of sp³-hybridized carbons (Fsp3) is 0.417. The van der Waals surface area contributed by atoms with E-state index >= 15 is 0 Å². The fourth-order valence-corrected chi connectivity index (χ4v) is 4.18. The molecular formula is C24H24F4N4O4. The molecule has 1 saturated heterocycles. The predicted octanol–water partition coefficient (Wildman–Crippen LogP) is 3.98. The molecule has 36 heavy (non-hydrogen) atoms. The summed E-state index contributed by atoms with van der Waals surface area (Å²) in [6.07, 6.45) is -7.32. The molecule has 0 aliphatic carbocycles. The van der Waals surface area contributed by atoms with Crippen LogP contribution in [0.3, 0.4) is 0 Å². The lowest BCUT2D eigenvalue weighted by atomic mass is 10.0. The third kappa shape index (κ3) is 5.32. The Morgan fingerprint density at radius 3 is 2.53 bits per heavy atom. The normalized spacial score (nSPS) is 19.4. The number of fused-ring (bicyclic) bond motifs is 1. The Labute approximate surface area is 203 Å². The highest BCUT2D eigenvalue weighted by Gasteiger charge is 2.38. The molecule has 0 saturated carbocycles. The molecule has 192 valence electrons. The average Bonchev–Trinajstić information content (AvgIpc) is 2.82. The van der Waals surface area contributed by atoms with Crippen molar-refractivity contribution in [1.29, 1.82) is 0 Å². The van der Waals surface area contributed by atoms with E-state index in [9.17, 15) is 27.2 Å². The Morgan fingerprint density at radius 1 is 1.19 bits per heavy atom. The first-order chi connectivity index (χ1) is 17.0. The molecular weight excluding hydrogens is 484 g/mol. The van der Waals surface area contributed by atoms with Gasteiger partial charge < -0.3 is 19.4 Å². The van der Waals surface area contributed by atoms with Crippen molar-refractivity contribution in [2.24, 2.45) is 0 Å². The average molecular weight is 508 g/mol. The monoisotopic (exact) mass is 508 g/mol. The Morgan fingerprint density at radius 2 is 1.89 bits per heavy atom. The van der Waals surface area contributed by atoms with Crippen LogP contribution in [0, 0.1) is 6.92 Å².